The van der Waals surface area contributed by atoms with Crippen molar-refractivity contribution >= 4 is 0 Å². The molecule has 1 aromatic carbocycles. The molecule has 2 radical (unpaired) electrons. The van der Waals surface area contributed by atoms with Gasteiger partial charge in [-0.15, -0.1) is 0 Å². The summed E-state index contributed by atoms with van der Waals surface area (Å²) in [5.74, 6) is 1.45. The molecule has 2 heteroatoms. The molecule has 0 heterocycles. The molecule has 0 bridgehead atoms. The van der Waals surface area contributed by atoms with E-state index in [1.807, 2.05) is 18.2 Å². The average Bonchev–Trinajstić information content (AvgIpc) is 2.16. The van der Waals surface area contributed by atoms with E-state index in [0.29, 0.717) is 6.42 Å². The van der Waals surface area contributed by atoms with Gasteiger partial charge in [-0.2, -0.15) is 0 Å². The standard InChI is InChI=1S/C10H12O2/c1-4-8-6-5-7-9(11-2)10(8)12-3/h1,5-7H,4H2,2-3H3. The highest BCUT2D eigenvalue weighted by atomic mass is 16.5. The van der Waals surface area contributed by atoms with Crippen molar-refractivity contribution < 1.29 is 9.47 Å². The lowest BCUT2D eigenvalue weighted by molar-refractivity contribution is 0.352. The molecule has 0 aliphatic carbocycles. The van der Waals surface area contributed by atoms with E-state index in [1.54, 1.807) is 14.2 Å². The SMILES string of the molecule is [CH]Cc1cccc(OC)c1OC. The van der Waals surface area contributed by atoms with Crippen LogP contribution >= 0.6 is 0 Å². The predicted octanol–water partition coefficient (Wildman–Crippen LogP) is 1.96. The Labute approximate surface area is 73.1 Å². The fraction of sp³-hybridized carbons (Fsp3) is 0.300. The molecular weight excluding hydrogens is 152 g/mol. The Morgan fingerprint density at radius 1 is 1.25 bits per heavy atom. The maximum Gasteiger partial charge on any atom is 0.163 e. The molecule has 1 aromatic rings. The Hall–Kier alpha value is -1.18. The number of para-hydroxylation sites is 1. The van der Waals surface area contributed by atoms with Crippen LogP contribution in [0.1, 0.15) is 5.56 Å². The number of hydrogen-bond acceptors (Lipinski definition) is 2. The third kappa shape index (κ3) is 1.52. The molecule has 0 unspecified atom stereocenters. The molecule has 0 aliphatic rings. The first-order valence-corrected chi connectivity index (χ1v) is 3.73. The quantitative estimate of drug-likeness (QED) is 0.679. The second-order valence-corrected chi connectivity index (χ2v) is 2.36. The van der Waals surface area contributed by atoms with Crippen LogP contribution in [0.3, 0.4) is 0 Å². The Bertz CT molecular complexity index is 234. The van der Waals surface area contributed by atoms with Gasteiger partial charge in [0.05, 0.1) is 14.2 Å². The number of benzene rings is 1. The monoisotopic (exact) mass is 164 g/mol. The third-order valence-corrected chi connectivity index (χ3v) is 1.70. The minimum Gasteiger partial charge on any atom is -0.493 e. The van der Waals surface area contributed by atoms with E-state index in [1.165, 1.54) is 0 Å². The first kappa shape index (κ1) is 8.91. The van der Waals surface area contributed by atoms with Crippen LogP contribution in [-0.4, -0.2) is 14.2 Å². The smallest absolute Gasteiger partial charge is 0.163 e. The molecule has 0 spiro atoms. The second-order valence-electron chi connectivity index (χ2n) is 2.36. The van der Waals surface area contributed by atoms with Crippen LogP contribution in [0, 0.1) is 6.92 Å². The lowest BCUT2D eigenvalue weighted by Gasteiger charge is -2.10. The summed E-state index contributed by atoms with van der Waals surface area (Å²) in [6.45, 7) is 5.51. The lowest BCUT2D eigenvalue weighted by atomic mass is 10.1. The predicted molar refractivity (Wildman–Crippen MR) is 47.6 cm³/mol. The first-order valence-electron chi connectivity index (χ1n) is 3.73. The molecule has 0 N–H and O–H groups in total. The molecule has 0 aromatic heterocycles. The fourth-order valence-corrected chi connectivity index (χ4v) is 1.11. The molecule has 0 aliphatic heterocycles. The van der Waals surface area contributed by atoms with Crippen molar-refractivity contribution in [2.75, 3.05) is 14.2 Å². The van der Waals surface area contributed by atoms with Crippen LogP contribution in [-0.2, 0) is 6.42 Å². The summed E-state index contributed by atoms with van der Waals surface area (Å²) in [7, 11) is 3.22. The average molecular weight is 164 g/mol. The van der Waals surface area contributed by atoms with Crippen LogP contribution < -0.4 is 9.47 Å². The van der Waals surface area contributed by atoms with E-state index in [0.717, 1.165) is 17.1 Å². The molecule has 0 fully saturated rings. The van der Waals surface area contributed by atoms with E-state index in [2.05, 4.69) is 0 Å². The van der Waals surface area contributed by atoms with Crippen LogP contribution in [0.2, 0.25) is 0 Å². The van der Waals surface area contributed by atoms with E-state index < -0.39 is 0 Å². The maximum absolute atomic E-state index is 5.51. The van der Waals surface area contributed by atoms with Crippen molar-refractivity contribution in [3.63, 3.8) is 0 Å². The number of ether oxygens (including phenoxy) is 2. The van der Waals surface area contributed by atoms with Gasteiger partial charge in [-0.25, -0.2) is 0 Å². The highest BCUT2D eigenvalue weighted by Gasteiger charge is 2.06. The summed E-state index contributed by atoms with van der Waals surface area (Å²) < 4.78 is 10.3. The first-order chi connectivity index (χ1) is 5.83. The van der Waals surface area contributed by atoms with E-state index in [-0.39, 0.29) is 0 Å². The third-order valence-electron chi connectivity index (χ3n) is 1.70. The topological polar surface area (TPSA) is 18.5 Å². The summed E-state index contributed by atoms with van der Waals surface area (Å²) in [5.41, 5.74) is 0.955. The summed E-state index contributed by atoms with van der Waals surface area (Å²) in [4.78, 5) is 0. The zero-order valence-corrected chi connectivity index (χ0v) is 7.33. The minimum atomic E-state index is 0.459. The molecule has 64 valence electrons. The zero-order chi connectivity index (χ0) is 8.97. The number of hydrogen-bond donors (Lipinski definition) is 0. The zero-order valence-electron chi connectivity index (χ0n) is 7.33. The molecule has 12 heavy (non-hydrogen) atoms. The molecule has 0 saturated heterocycles. The Morgan fingerprint density at radius 2 is 2.00 bits per heavy atom. The fourth-order valence-electron chi connectivity index (χ4n) is 1.11. The number of methoxy groups -OCH3 is 2. The van der Waals surface area contributed by atoms with Gasteiger partial charge in [-0.05, 0) is 25.0 Å². The minimum absolute atomic E-state index is 0.459. The normalized spacial score (nSPS) is 9.58. The molecule has 0 saturated carbocycles. The van der Waals surface area contributed by atoms with Crippen molar-refractivity contribution in [2.24, 2.45) is 0 Å². The van der Waals surface area contributed by atoms with Gasteiger partial charge in [0.25, 0.3) is 0 Å². The van der Waals surface area contributed by atoms with E-state index in [9.17, 15) is 0 Å². The van der Waals surface area contributed by atoms with E-state index in [4.69, 9.17) is 16.4 Å². The summed E-state index contributed by atoms with van der Waals surface area (Å²) in [5, 5.41) is 0. The van der Waals surface area contributed by atoms with Gasteiger partial charge in [0.1, 0.15) is 0 Å². The molecule has 0 amide bonds. The Balaban J connectivity index is 3.13. The van der Waals surface area contributed by atoms with Gasteiger partial charge in [0, 0.05) is 0 Å². The van der Waals surface area contributed by atoms with Crippen molar-refractivity contribution in [1.29, 1.82) is 0 Å². The highest BCUT2D eigenvalue weighted by molar-refractivity contribution is 5.46. The van der Waals surface area contributed by atoms with Crippen LogP contribution in [0.25, 0.3) is 0 Å². The highest BCUT2D eigenvalue weighted by Crippen LogP contribution is 2.30. The Morgan fingerprint density at radius 3 is 2.50 bits per heavy atom. The second kappa shape index (κ2) is 4.00. The summed E-state index contributed by atoms with van der Waals surface area (Å²) in [6.07, 6.45) is 0.459. The maximum atomic E-state index is 5.51. The van der Waals surface area contributed by atoms with Crippen molar-refractivity contribution in [3.05, 3.63) is 30.7 Å². The van der Waals surface area contributed by atoms with Crippen LogP contribution in [0.4, 0.5) is 0 Å². The Kier molecular flexibility index (Phi) is 2.97. The summed E-state index contributed by atoms with van der Waals surface area (Å²) in [6, 6.07) is 5.66. The van der Waals surface area contributed by atoms with Gasteiger partial charge in [-0.3, -0.25) is 0 Å². The van der Waals surface area contributed by atoms with Gasteiger partial charge >= 0.3 is 0 Å². The van der Waals surface area contributed by atoms with Gasteiger partial charge in [-0.1, -0.05) is 12.1 Å². The number of rotatable bonds is 3. The largest absolute Gasteiger partial charge is 0.493 e. The summed E-state index contributed by atoms with van der Waals surface area (Å²) >= 11 is 0. The molecule has 2 nitrogen and oxygen atoms in total. The van der Waals surface area contributed by atoms with E-state index >= 15 is 0 Å². The lowest BCUT2D eigenvalue weighted by Crippen LogP contribution is -1.94. The molecular formula is C10H12O2. The van der Waals surface area contributed by atoms with Crippen LogP contribution in [0.15, 0.2) is 18.2 Å². The van der Waals surface area contributed by atoms with Gasteiger partial charge < -0.3 is 9.47 Å². The van der Waals surface area contributed by atoms with Crippen LogP contribution in [0.5, 0.6) is 11.5 Å². The van der Waals surface area contributed by atoms with Gasteiger partial charge in [0.2, 0.25) is 0 Å². The molecule has 0 atom stereocenters. The van der Waals surface area contributed by atoms with Gasteiger partial charge in [0.15, 0.2) is 11.5 Å². The van der Waals surface area contributed by atoms with Crippen molar-refractivity contribution in [2.45, 2.75) is 6.42 Å². The van der Waals surface area contributed by atoms with Crippen molar-refractivity contribution in [1.82, 2.24) is 0 Å². The van der Waals surface area contributed by atoms with Crippen molar-refractivity contribution in [3.8, 4) is 11.5 Å². The molecule has 1 rings (SSSR count).